The predicted molar refractivity (Wildman–Crippen MR) is 97.7 cm³/mol. The molecule has 1 unspecified atom stereocenters. The van der Waals surface area contributed by atoms with E-state index < -0.39 is 0 Å². The van der Waals surface area contributed by atoms with Crippen LogP contribution in [0, 0.1) is 5.92 Å². The van der Waals surface area contributed by atoms with Gasteiger partial charge in [-0.1, -0.05) is 44.2 Å². The van der Waals surface area contributed by atoms with Crippen molar-refractivity contribution in [3.05, 3.63) is 29.8 Å². The minimum Gasteiger partial charge on any atom is -0.399 e. The Morgan fingerprint density at radius 1 is 1.04 bits per heavy atom. The second kappa shape index (κ2) is 8.58. The highest BCUT2D eigenvalue weighted by atomic mass is 35.5. The van der Waals surface area contributed by atoms with E-state index in [0.29, 0.717) is 18.4 Å². The van der Waals surface area contributed by atoms with E-state index in [1.165, 1.54) is 51.4 Å². The van der Waals surface area contributed by atoms with Gasteiger partial charge in [-0.25, -0.2) is 0 Å². The number of nitrogens with zero attached hydrogens (tertiary/aromatic N) is 1. The lowest BCUT2D eigenvalue weighted by atomic mass is 9.84. The Balaban J connectivity index is 0.00000192. The largest absolute Gasteiger partial charge is 0.399 e. The van der Waals surface area contributed by atoms with E-state index in [4.69, 9.17) is 5.73 Å². The predicted octanol–water partition coefficient (Wildman–Crippen LogP) is 4.19. The van der Waals surface area contributed by atoms with Gasteiger partial charge in [0.15, 0.2) is 0 Å². The Kier molecular flexibility index (Phi) is 6.76. The molecule has 1 amide bonds. The van der Waals surface area contributed by atoms with E-state index in [2.05, 4.69) is 4.90 Å². The molecule has 0 bridgehead atoms. The molecule has 1 saturated heterocycles. The molecule has 1 heterocycles. The number of rotatable bonds is 4. The third kappa shape index (κ3) is 4.87. The van der Waals surface area contributed by atoms with Gasteiger partial charge in [0, 0.05) is 18.3 Å². The van der Waals surface area contributed by atoms with Crippen LogP contribution in [-0.4, -0.2) is 23.4 Å². The van der Waals surface area contributed by atoms with Gasteiger partial charge >= 0.3 is 0 Å². The molecule has 1 aromatic rings. The molecule has 0 radical (unpaired) electrons. The van der Waals surface area contributed by atoms with Gasteiger partial charge in [-0.15, -0.1) is 12.4 Å². The maximum Gasteiger partial charge on any atom is 0.227 e. The van der Waals surface area contributed by atoms with Crippen molar-refractivity contribution in [1.29, 1.82) is 0 Å². The van der Waals surface area contributed by atoms with Gasteiger partial charge in [-0.3, -0.25) is 4.79 Å². The van der Waals surface area contributed by atoms with Crippen molar-refractivity contribution in [2.45, 2.75) is 63.8 Å². The van der Waals surface area contributed by atoms with Crippen LogP contribution in [0.4, 0.5) is 5.69 Å². The van der Waals surface area contributed by atoms with Gasteiger partial charge in [0.05, 0.1) is 6.42 Å². The number of carbonyl (C=O) groups excluding carboxylic acids is 1. The molecule has 3 rings (SSSR count). The third-order valence-electron chi connectivity index (χ3n) is 5.36. The van der Waals surface area contributed by atoms with E-state index in [0.717, 1.165) is 23.7 Å². The van der Waals surface area contributed by atoms with Crippen LogP contribution in [0.2, 0.25) is 0 Å². The Morgan fingerprint density at radius 3 is 2.43 bits per heavy atom. The van der Waals surface area contributed by atoms with Crippen molar-refractivity contribution in [3.8, 4) is 0 Å². The summed E-state index contributed by atoms with van der Waals surface area (Å²) in [6.45, 7) is 0.950. The second-order valence-corrected chi connectivity index (χ2v) is 7.04. The molecule has 1 saturated carbocycles. The fourth-order valence-corrected chi connectivity index (χ4v) is 4.13. The van der Waals surface area contributed by atoms with Crippen LogP contribution in [0.15, 0.2) is 24.3 Å². The SMILES string of the molecule is Cl.Nc1ccc(CC(=O)N2CCCC2CC2CCCCC2)cc1. The first-order valence-electron chi connectivity index (χ1n) is 8.86. The molecule has 2 aliphatic rings. The van der Waals surface area contributed by atoms with Crippen LogP contribution in [0.1, 0.15) is 56.9 Å². The van der Waals surface area contributed by atoms with Crippen molar-refractivity contribution in [2.24, 2.45) is 5.92 Å². The molecule has 1 aromatic carbocycles. The smallest absolute Gasteiger partial charge is 0.227 e. The molecular formula is C19H29ClN2O. The number of amides is 1. The molecule has 2 N–H and O–H groups in total. The fraction of sp³-hybridized carbons (Fsp3) is 0.632. The van der Waals surface area contributed by atoms with Gasteiger partial charge in [-0.2, -0.15) is 0 Å². The van der Waals surface area contributed by atoms with Crippen molar-refractivity contribution >= 4 is 24.0 Å². The summed E-state index contributed by atoms with van der Waals surface area (Å²) < 4.78 is 0. The zero-order valence-corrected chi connectivity index (χ0v) is 14.7. The zero-order chi connectivity index (χ0) is 15.4. The number of nitrogens with two attached hydrogens (primary N) is 1. The molecular weight excluding hydrogens is 308 g/mol. The van der Waals surface area contributed by atoms with E-state index in [-0.39, 0.29) is 12.4 Å². The van der Waals surface area contributed by atoms with Gasteiger partial charge in [0.2, 0.25) is 5.91 Å². The zero-order valence-electron chi connectivity index (χ0n) is 13.9. The maximum absolute atomic E-state index is 12.6. The van der Waals surface area contributed by atoms with Gasteiger partial charge in [-0.05, 0) is 42.9 Å². The summed E-state index contributed by atoms with van der Waals surface area (Å²) in [6, 6.07) is 8.20. The average Bonchev–Trinajstić information content (AvgIpc) is 2.99. The molecule has 2 fully saturated rings. The molecule has 1 aliphatic carbocycles. The van der Waals surface area contributed by atoms with Crippen LogP contribution < -0.4 is 5.73 Å². The van der Waals surface area contributed by atoms with E-state index >= 15 is 0 Å². The van der Waals surface area contributed by atoms with Gasteiger partial charge < -0.3 is 10.6 Å². The average molecular weight is 337 g/mol. The third-order valence-corrected chi connectivity index (χ3v) is 5.36. The minimum absolute atomic E-state index is 0. The first-order chi connectivity index (χ1) is 10.7. The molecule has 0 spiro atoms. The van der Waals surface area contributed by atoms with Gasteiger partial charge in [0.25, 0.3) is 0 Å². The monoisotopic (exact) mass is 336 g/mol. The molecule has 4 heteroatoms. The quantitative estimate of drug-likeness (QED) is 0.838. The highest BCUT2D eigenvalue weighted by Crippen LogP contribution is 2.32. The molecule has 23 heavy (non-hydrogen) atoms. The van der Waals surface area contributed by atoms with Crippen LogP contribution in [0.3, 0.4) is 0 Å². The van der Waals surface area contributed by atoms with E-state index in [1.807, 2.05) is 24.3 Å². The molecule has 1 atom stereocenters. The number of carbonyl (C=O) groups is 1. The Hall–Kier alpha value is -1.22. The van der Waals surface area contributed by atoms with Crippen LogP contribution in [0.25, 0.3) is 0 Å². The first-order valence-corrected chi connectivity index (χ1v) is 8.86. The summed E-state index contributed by atoms with van der Waals surface area (Å²) in [7, 11) is 0. The molecule has 3 nitrogen and oxygen atoms in total. The summed E-state index contributed by atoms with van der Waals surface area (Å²) in [5, 5.41) is 0. The second-order valence-electron chi connectivity index (χ2n) is 7.04. The molecule has 1 aliphatic heterocycles. The standard InChI is InChI=1S/C19H28N2O.ClH/c20-17-10-8-16(9-11-17)14-19(22)21-12-4-7-18(21)13-15-5-2-1-3-6-15;/h8-11,15,18H,1-7,12-14,20H2;1H. The van der Waals surface area contributed by atoms with E-state index in [9.17, 15) is 4.79 Å². The lowest BCUT2D eigenvalue weighted by Gasteiger charge is -2.30. The lowest BCUT2D eigenvalue weighted by Crippen LogP contribution is -2.37. The summed E-state index contributed by atoms with van der Waals surface area (Å²) in [6.07, 6.45) is 11.0. The molecule has 128 valence electrons. The summed E-state index contributed by atoms with van der Waals surface area (Å²) in [5.74, 6) is 1.15. The van der Waals surface area contributed by atoms with Crippen molar-refractivity contribution < 1.29 is 4.79 Å². The van der Waals surface area contributed by atoms with Crippen molar-refractivity contribution in [2.75, 3.05) is 12.3 Å². The van der Waals surface area contributed by atoms with Crippen LogP contribution >= 0.6 is 12.4 Å². The number of likely N-dealkylation sites (tertiary alicyclic amines) is 1. The number of hydrogen-bond acceptors (Lipinski definition) is 2. The Morgan fingerprint density at radius 2 is 1.74 bits per heavy atom. The molecule has 0 aromatic heterocycles. The first kappa shape index (κ1) is 18.1. The topological polar surface area (TPSA) is 46.3 Å². The lowest BCUT2D eigenvalue weighted by molar-refractivity contribution is -0.131. The van der Waals surface area contributed by atoms with E-state index in [1.54, 1.807) is 0 Å². The maximum atomic E-state index is 12.6. The van der Waals surface area contributed by atoms with Gasteiger partial charge in [0.1, 0.15) is 0 Å². The Labute approximate surface area is 146 Å². The minimum atomic E-state index is 0. The fourth-order valence-electron chi connectivity index (χ4n) is 4.13. The Bertz CT molecular complexity index is 497. The summed E-state index contributed by atoms with van der Waals surface area (Å²) >= 11 is 0. The van der Waals surface area contributed by atoms with Crippen molar-refractivity contribution in [1.82, 2.24) is 4.90 Å². The highest BCUT2D eigenvalue weighted by Gasteiger charge is 2.30. The normalized spacial score (nSPS) is 21.9. The van der Waals surface area contributed by atoms with Crippen LogP contribution in [-0.2, 0) is 11.2 Å². The van der Waals surface area contributed by atoms with Crippen molar-refractivity contribution in [3.63, 3.8) is 0 Å². The number of halogens is 1. The summed E-state index contributed by atoms with van der Waals surface area (Å²) in [5.41, 5.74) is 7.54. The summed E-state index contributed by atoms with van der Waals surface area (Å²) in [4.78, 5) is 14.8. The number of anilines is 1. The number of benzene rings is 1. The highest BCUT2D eigenvalue weighted by molar-refractivity contribution is 5.85. The number of nitrogen functional groups attached to an aromatic ring is 1. The number of hydrogen-bond donors (Lipinski definition) is 1. The van der Waals surface area contributed by atoms with Crippen LogP contribution in [0.5, 0.6) is 0 Å².